The molecule has 3 atom stereocenters. The third-order valence-electron chi connectivity index (χ3n) is 6.71. The normalized spacial score (nSPS) is 17.7. The first-order valence-corrected chi connectivity index (χ1v) is 13.2. The van der Waals surface area contributed by atoms with Gasteiger partial charge in [-0.05, 0) is 18.6 Å². The monoisotopic (exact) mass is 566 g/mol. The minimum atomic E-state index is -1.12. The van der Waals surface area contributed by atoms with Gasteiger partial charge in [0.15, 0.2) is 6.23 Å². The Balaban J connectivity index is 2.48. The minimum Gasteiger partial charge on any atom is -0.480 e. The summed E-state index contributed by atoms with van der Waals surface area (Å²) in [6, 6.07) is 3.59. The second-order valence-electron chi connectivity index (χ2n) is 9.29. The highest BCUT2D eigenvalue weighted by molar-refractivity contribution is 5.74. The van der Waals surface area contributed by atoms with Gasteiger partial charge in [0.2, 0.25) is 0 Å². The van der Waals surface area contributed by atoms with E-state index in [-0.39, 0.29) is 71.8 Å². The molecule has 2 N–H and O–H groups in total. The summed E-state index contributed by atoms with van der Waals surface area (Å²) in [6.45, 7) is 3.98. The molecule has 0 amide bonds. The van der Waals surface area contributed by atoms with Crippen LogP contribution in [0.4, 0.5) is 0 Å². The number of hydrogen-bond acceptors (Lipinski definition) is 12. The molecule has 2 rings (SSSR count). The van der Waals surface area contributed by atoms with E-state index in [0.717, 1.165) is 0 Å². The van der Waals surface area contributed by atoms with Crippen molar-refractivity contribution in [1.29, 1.82) is 0 Å². The first kappa shape index (κ1) is 32.6. The van der Waals surface area contributed by atoms with Crippen LogP contribution in [0.5, 0.6) is 0 Å². The van der Waals surface area contributed by atoms with Gasteiger partial charge in [-0.25, -0.2) is 0 Å². The van der Waals surface area contributed by atoms with Gasteiger partial charge in [0.1, 0.15) is 12.1 Å². The highest BCUT2D eigenvalue weighted by Gasteiger charge is 2.31. The summed E-state index contributed by atoms with van der Waals surface area (Å²) in [5, 5.41) is 20.0. The molecule has 1 aromatic heterocycles. The molecule has 3 unspecified atom stereocenters. The van der Waals surface area contributed by atoms with E-state index in [9.17, 15) is 34.2 Å². The van der Waals surface area contributed by atoms with E-state index < -0.39 is 30.3 Å². The maximum Gasteiger partial charge on any atom is 0.321 e. The summed E-state index contributed by atoms with van der Waals surface area (Å²) < 4.78 is 14.9. The van der Waals surface area contributed by atoms with Crippen LogP contribution in [-0.2, 0) is 51.3 Å². The largest absolute Gasteiger partial charge is 0.480 e. The fourth-order valence-corrected chi connectivity index (χ4v) is 4.77. The van der Waals surface area contributed by atoms with Crippen LogP contribution in [0, 0.1) is 0 Å². The standard InChI is InChI=1S/C26H38N4O10/c1-2-4-22(25(34)35)29-11-9-28(23(26(36)37)7-13-38-17-31)10-12-30(24(40-19-33)8-14-39-18-32)16-21-6-3-5-20(15-29)27-21/h3,5-6,17-19,22-24H,2,4,7-16H2,1H3,(H,34,35)(H,36,37). The Bertz CT molecular complexity index is 965. The number of carboxylic acids is 2. The van der Waals surface area contributed by atoms with Crippen LogP contribution in [0.25, 0.3) is 0 Å². The number of carbonyl (C=O) groups excluding carboxylic acids is 3. The lowest BCUT2D eigenvalue weighted by Gasteiger charge is -2.37. The maximum absolute atomic E-state index is 12.3. The molecule has 222 valence electrons. The van der Waals surface area contributed by atoms with Crippen LogP contribution in [0.15, 0.2) is 18.2 Å². The number of pyridine rings is 1. The molecular formula is C26H38N4O10. The predicted molar refractivity (Wildman–Crippen MR) is 139 cm³/mol. The molecule has 0 saturated carbocycles. The summed E-state index contributed by atoms with van der Waals surface area (Å²) in [6.07, 6.45) is 0.468. The van der Waals surface area contributed by atoms with Crippen LogP contribution in [-0.4, -0.2) is 119 Å². The molecular weight excluding hydrogens is 528 g/mol. The van der Waals surface area contributed by atoms with Crippen LogP contribution >= 0.6 is 0 Å². The van der Waals surface area contributed by atoms with E-state index in [4.69, 9.17) is 19.2 Å². The number of hydrogen-bond donors (Lipinski definition) is 2. The maximum atomic E-state index is 12.3. The van der Waals surface area contributed by atoms with E-state index in [1.165, 1.54) is 0 Å². The minimum absolute atomic E-state index is 0.000556. The van der Waals surface area contributed by atoms with Crippen molar-refractivity contribution in [1.82, 2.24) is 19.7 Å². The highest BCUT2D eigenvalue weighted by Crippen LogP contribution is 2.18. The smallest absolute Gasteiger partial charge is 0.321 e. The second kappa shape index (κ2) is 17.9. The van der Waals surface area contributed by atoms with Gasteiger partial charge in [-0.2, -0.15) is 0 Å². The number of ether oxygens (including phenoxy) is 3. The Hall–Kier alpha value is -3.62. The van der Waals surface area contributed by atoms with Gasteiger partial charge in [0.05, 0.1) is 24.6 Å². The molecule has 0 spiro atoms. The molecule has 0 radical (unpaired) electrons. The van der Waals surface area contributed by atoms with Crippen molar-refractivity contribution in [3.05, 3.63) is 29.6 Å². The lowest BCUT2D eigenvalue weighted by molar-refractivity contribution is -0.149. The number of rotatable bonds is 17. The van der Waals surface area contributed by atoms with Gasteiger partial charge in [-0.15, -0.1) is 0 Å². The molecule has 0 aromatic carbocycles. The van der Waals surface area contributed by atoms with Crippen molar-refractivity contribution < 1.29 is 48.4 Å². The Morgan fingerprint density at radius 3 is 1.90 bits per heavy atom. The van der Waals surface area contributed by atoms with Gasteiger partial charge in [0, 0.05) is 52.1 Å². The fraction of sp³-hybridized carbons (Fsp3) is 0.615. The Morgan fingerprint density at radius 2 is 1.35 bits per heavy atom. The lowest BCUT2D eigenvalue weighted by atomic mass is 10.1. The van der Waals surface area contributed by atoms with Gasteiger partial charge in [0.25, 0.3) is 19.4 Å². The Labute approximate surface area is 232 Å². The Morgan fingerprint density at radius 1 is 0.825 bits per heavy atom. The van der Waals surface area contributed by atoms with E-state index in [1.807, 2.05) is 13.0 Å². The summed E-state index contributed by atoms with van der Waals surface area (Å²) >= 11 is 0. The summed E-state index contributed by atoms with van der Waals surface area (Å²) in [4.78, 5) is 67.1. The van der Waals surface area contributed by atoms with Gasteiger partial charge in [-0.3, -0.25) is 43.7 Å². The SMILES string of the molecule is CCCC(C(=O)O)N1CCN(C(CCOC=O)C(=O)O)CCN(C(CCOC=O)OC=O)Cc2cccc(n2)C1. The molecule has 0 aliphatic carbocycles. The third-order valence-corrected chi connectivity index (χ3v) is 6.71. The van der Waals surface area contributed by atoms with E-state index in [1.54, 1.807) is 26.8 Å². The van der Waals surface area contributed by atoms with Crippen molar-refractivity contribution >= 4 is 31.4 Å². The number of aliphatic carboxylic acids is 2. The van der Waals surface area contributed by atoms with Crippen molar-refractivity contribution in [2.24, 2.45) is 0 Å². The number of carbonyl (C=O) groups is 5. The van der Waals surface area contributed by atoms with Crippen molar-refractivity contribution in [2.45, 2.75) is 64.0 Å². The fourth-order valence-electron chi connectivity index (χ4n) is 4.77. The molecule has 1 aliphatic rings. The topological polar surface area (TPSA) is 176 Å². The third kappa shape index (κ3) is 10.5. The Kier molecular flexibility index (Phi) is 14.6. The van der Waals surface area contributed by atoms with E-state index in [2.05, 4.69) is 0 Å². The van der Waals surface area contributed by atoms with Crippen molar-refractivity contribution in [3.8, 4) is 0 Å². The molecule has 1 aromatic rings. The summed E-state index contributed by atoms with van der Waals surface area (Å²) in [5.74, 6) is -2.08. The van der Waals surface area contributed by atoms with Crippen LogP contribution in [0.2, 0.25) is 0 Å². The van der Waals surface area contributed by atoms with Crippen LogP contribution < -0.4 is 0 Å². The van der Waals surface area contributed by atoms with E-state index >= 15 is 0 Å². The average molecular weight is 567 g/mol. The zero-order valence-electron chi connectivity index (χ0n) is 22.6. The molecule has 2 bridgehead atoms. The van der Waals surface area contributed by atoms with Crippen molar-refractivity contribution in [3.63, 3.8) is 0 Å². The number of fused-ring (bicyclic) bond motifs is 2. The lowest BCUT2D eigenvalue weighted by Crippen LogP contribution is -2.52. The number of carboxylic acid groups (broad SMARTS) is 2. The zero-order chi connectivity index (χ0) is 29.3. The average Bonchev–Trinajstić information content (AvgIpc) is 2.92. The summed E-state index contributed by atoms with van der Waals surface area (Å²) in [7, 11) is 0. The molecule has 1 aliphatic heterocycles. The van der Waals surface area contributed by atoms with E-state index in [0.29, 0.717) is 37.2 Å². The number of aromatic nitrogens is 1. The number of nitrogens with zero attached hydrogens (tertiary/aromatic N) is 4. The second-order valence-corrected chi connectivity index (χ2v) is 9.29. The molecule has 0 fully saturated rings. The highest BCUT2D eigenvalue weighted by atomic mass is 16.5. The quantitative estimate of drug-likeness (QED) is 0.150. The van der Waals surface area contributed by atoms with Gasteiger partial charge in [-0.1, -0.05) is 19.4 Å². The van der Waals surface area contributed by atoms with Crippen LogP contribution in [0.1, 0.15) is 44.0 Å². The first-order valence-electron chi connectivity index (χ1n) is 13.2. The van der Waals surface area contributed by atoms with Crippen molar-refractivity contribution in [2.75, 3.05) is 39.4 Å². The van der Waals surface area contributed by atoms with Gasteiger partial charge >= 0.3 is 11.9 Å². The van der Waals surface area contributed by atoms with Crippen LogP contribution in [0.3, 0.4) is 0 Å². The molecule has 0 saturated heterocycles. The molecule has 14 heteroatoms. The zero-order valence-corrected chi connectivity index (χ0v) is 22.6. The summed E-state index contributed by atoms with van der Waals surface area (Å²) in [5.41, 5.74) is 1.27. The predicted octanol–water partition coefficient (Wildman–Crippen LogP) is 0.333. The molecule has 2 heterocycles. The molecule has 40 heavy (non-hydrogen) atoms. The first-order chi connectivity index (χ1) is 19.3. The molecule has 14 nitrogen and oxygen atoms in total. The van der Waals surface area contributed by atoms with Gasteiger partial charge < -0.3 is 24.4 Å².